The number of rotatable bonds is 6. The Labute approximate surface area is 181 Å². The average molecular weight is 420 g/mol. The minimum absolute atomic E-state index is 0.0216. The van der Waals surface area contributed by atoms with E-state index in [1.165, 1.54) is 18.5 Å². The third-order valence-corrected chi connectivity index (χ3v) is 6.14. The summed E-state index contributed by atoms with van der Waals surface area (Å²) in [4.78, 5) is 27.8. The van der Waals surface area contributed by atoms with E-state index in [1.54, 1.807) is 30.6 Å². The van der Waals surface area contributed by atoms with Gasteiger partial charge in [-0.05, 0) is 73.5 Å². The maximum atomic E-state index is 13.3. The number of nitrogens with two attached hydrogens (primary N) is 1. The molecule has 3 aromatic rings. The number of halogens is 1. The summed E-state index contributed by atoms with van der Waals surface area (Å²) in [5.74, 6) is -0.266. The van der Waals surface area contributed by atoms with Crippen LogP contribution in [0, 0.1) is 11.2 Å². The number of carbonyl (C=O) groups is 1. The second-order valence-corrected chi connectivity index (χ2v) is 8.13. The predicted molar refractivity (Wildman–Crippen MR) is 117 cm³/mol. The maximum Gasteiger partial charge on any atom is 0.256 e. The molecule has 6 nitrogen and oxygen atoms in total. The molecule has 1 saturated heterocycles. The Hall–Kier alpha value is -3.19. The first-order valence-corrected chi connectivity index (χ1v) is 10.6. The summed E-state index contributed by atoms with van der Waals surface area (Å²) in [5, 5.41) is 0. The van der Waals surface area contributed by atoms with Crippen LogP contribution in [-0.4, -0.2) is 45.4 Å². The quantitative estimate of drug-likeness (QED) is 0.661. The highest BCUT2D eigenvalue weighted by molar-refractivity contribution is 5.99. The largest absolute Gasteiger partial charge is 0.339 e. The van der Waals surface area contributed by atoms with Crippen molar-refractivity contribution in [3.05, 3.63) is 78.1 Å². The van der Waals surface area contributed by atoms with E-state index in [2.05, 4.69) is 15.0 Å². The van der Waals surface area contributed by atoms with Crippen molar-refractivity contribution < 1.29 is 9.18 Å². The van der Waals surface area contributed by atoms with Gasteiger partial charge in [-0.15, -0.1) is 0 Å². The summed E-state index contributed by atoms with van der Waals surface area (Å²) in [6.45, 7) is 1.89. The minimum Gasteiger partial charge on any atom is -0.339 e. The van der Waals surface area contributed by atoms with Crippen molar-refractivity contribution in [2.45, 2.75) is 25.7 Å². The van der Waals surface area contributed by atoms with E-state index in [0.717, 1.165) is 31.2 Å². The zero-order valence-electron chi connectivity index (χ0n) is 17.4. The van der Waals surface area contributed by atoms with E-state index in [1.807, 2.05) is 17.0 Å². The molecule has 4 rings (SSSR count). The van der Waals surface area contributed by atoms with Crippen LogP contribution >= 0.6 is 0 Å². The van der Waals surface area contributed by atoms with Crippen LogP contribution < -0.4 is 5.73 Å². The zero-order valence-corrected chi connectivity index (χ0v) is 17.4. The van der Waals surface area contributed by atoms with Gasteiger partial charge < -0.3 is 10.6 Å². The van der Waals surface area contributed by atoms with Gasteiger partial charge in [0.15, 0.2) is 0 Å². The molecule has 0 saturated carbocycles. The summed E-state index contributed by atoms with van der Waals surface area (Å²) in [7, 11) is 0. The third-order valence-electron chi connectivity index (χ3n) is 6.14. The lowest BCUT2D eigenvalue weighted by Gasteiger charge is -2.42. The summed E-state index contributed by atoms with van der Waals surface area (Å²) in [5.41, 5.74) is 8.80. The normalized spacial score (nSPS) is 15.6. The van der Waals surface area contributed by atoms with Crippen LogP contribution in [0.4, 0.5) is 4.39 Å². The van der Waals surface area contributed by atoms with E-state index in [4.69, 9.17) is 5.73 Å². The molecule has 160 valence electrons. The fraction of sp³-hybridized carbons (Fsp3) is 0.333. The van der Waals surface area contributed by atoms with E-state index in [-0.39, 0.29) is 17.1 Å². The van der Waals surface area contributed by atoms with Crippen LogP contribution in [0.25, 0.3) is 11.4 Å². The second-order valence-electron chi connectivity index (χ2n) is 8.13. The van der Waals surface area contributed by atoms with Gasteiger partial charge in [0.2, 0.25) is 0 Å². The van der Waals surface area contributed by atoms with Crippen LogP contribution in [0.15, 0.2) is 61.2 Å². The van der Waals surface area contributed by atoms with Crippen LogP contribution in [0.2, 0.25) is 0 Å². The van der Waals surface area contributed by atoms with Crippen molar-refractivity contribution in [2.24, 2.45) is 11.1 Å². The van der Waals surface area contributed by atoms with Crippen molar-refractivity contribution in [1.82, 2.24) is 19.9 Å². The molecule has 0 atom stereocenters. The minimum atomic E-state index is -0.229. The van der Waals surface area contributed by atoms with Crippen LogP contribution in [0.3, 0.4) is 0 Å². The molecule has 0 aliphatic carbocycles. The second kappa shape index (κ2) is 9.31. The Morgan fingerprint density at radius 3 is 2.52 bits per heavy atom. The first-order valence-electron chi connectivity index (χ1n) is 10.6. The van der Waals surface area contributed by atoms with Gasteiger partial charge >= 0.3 is 0 Å². The van der Waals surface area contributed by atoms with E-state index in [0.29, 0.717) is 36.6 Å². The molecular weight excluding hydrogens is 393 g/mol. The van der Waals surface area contributed by atoms with Gasteiger partial charge in [0.25, 0.3) is 5.91 Å². The molecule has 1 aliphatic heterocycles. The molecule has 31 heavy (non-hydrogen) atoms. The third kappa shape index (κ3) is 4.77. The standard InChI is InChI=1S/C24H26FN5O/c25-19-5-3-18(4-6-19)16-24(8-11-26)9-14-30(15-10-24)23(31)20-2-1-12-28-22(20)21-7-13-27-17-29-21/h1-7,12-13,17H,8-11,14-16,26H2. The Morgan fingerprint density at radius 2 is 1.84 bits per heavy atom. The summed E-state index contributed by atoms with van der Waals surface area (Å²) in [6.07, 6.45) is 8.20. The molecule has 1 amide bonds. The molecule has 1 fully saturated rings. The molecule has 7 heteroatoms. The zero-order chi connectivity index (χ0) is 21.7. The van der Waals surface area contributed by atoms with Crippen molar-refractivity contribution >= 4 is 5.91 Å². The molecule has 1 aliphatic rings. The number of hydrogen-bond acceptors (Lipinski definition) is 5. The van der Waals surface area contributed by atoms with Crippen molar-refractivity contribution in [2.75, 3.05) is 19.6 Å². The SMILES string of the molecule is NCCC1(Cc2ccc(F)cc2)CCN(C(=O)c2cccnc2-c2ccncn2)CC1. The predicted octanol–water partition coefficient (Wildman–Crippen LogP) is 3.49. The lowest BCUT2D eigenvalue weighted by molar-refractivity contribution is 0.0562. The number of aromatic nitrogens is 3. The number of likely N-dealkylation sites (tertiary alicyclic amines) is 1. The number of nitrogens with zero attached hydrogens (tertiary/aromatic N) is 4. The number of amides is 1. The van der Waals surface area contributed by atoms with E-state index in [9.17, 15) is 9.18 Å². The maximum absolute atomic E-state index is 13.3. The molecule has 3 heterocycles. The van der Waals surface area contributed by atoms with Gasteiger partial charge in [-0.2, -0.15) is 0 Å². The number of hydrogen-bond donors (Lipinski definition) is 1. The van der Waals surface area contributed by atoms with Gasteiger partial charge in [0.05, 0.1) is 11.3 Å². The van der Waals surface area contributed by atoms with Crippen LogP contribution in [0.5, 0.6) is 0 Å². The summed E-state index contributed by atoms with van der Waals surface area (Å²) in [6, 6.07) is 12.0. The highest BCUT2D eigenvalue weighted by atomic mass is 19.1. The Kier molecular flexibility index (Phi) is 6.32. The number of piperidine rings is 1. The molecule has 0 spiro atoms. The van der Waals surface area contributed by atoms with Crippen molar-refractivity contribution in [1.29, 1.82) is 0 Å². The Balaban J connectivity index is 1.50. The summed E-state index contributed by atoms with van der Waals surface area (Å²) >= 11 is 0. The molecule has 2 N–H and O–H groups in total. The summed E-state index contributed by atoms with van der Waals surface area (Å²) < 4.78 is 13.3. The highest BCUT2D eigenvalue weighted by Gasteiger charge is 2.36. The van der Waals surface area contributed by atoms with Crippen molar-refractivity contribution in [3.63, 3.8) is 0 Å². The Morgan fingerprint density at radius 1 is 1.06 bits per heavy atom. The van der Waals surface area contributed by atoms with Gasteiger partial charge in [0, 0.05) is 25.5 Å². The number of pyridine rings is 1. The van der Waals surface area contributed by atoms with E-state index >= 15 is 0 Å². The smallest absolute Gasteiger partial charge is 0.256 e. The highest BCUT2D eigenvalue weighted by Crippen LogP contribution is 2.38. The topological polar surface area (TPSA) is 85.0 Å². The van der Waals surface area contributed by atoms with Crippen LogP contribution in [0.1, 0.15) is 35.2 Å². The van der Waals surface area contributed by atoms with E-state index < -0.39 is 0 Å². The van der Waals surface area contributed by atoms with Gasteiger partial charge in [-0.1, -0.05) is 12.1 Å². The lowest BCUT2D eigenvalue weighted by Crippen LogP contribution is -2.45. The molecular formula is C24H26FN5O. The molecule has 1 aromatic carbocycles. The van der Waals surface area contributed by atoms with Gasteiger partial charge in [-0.3, -0.25) is 9.78 Å². The first kappa shape index (κ1) is 21.1. The van der Waals surface area contributed by atoms with Gasteiger partial charge in [0.1, 0.15) is 17.8 Å². The fourth-order valence-electron chi connectivity index (χ4n) is 4.42. The molecule has 0 unspecified atom stereocenters. The molecule has 2 aromatic heterocycles. The fourth-order valence-corrected chi connectivity index (χ4v) is 4.42. The lowest BCUT2D eigenvalue weighted by atomic mass is 9.71. The monoisotopic (exact) mass is 419 g/mol. The first-order chi connectivity index (χ1) is 15.1. The average Bonchev–Trinajstić information content (AvgIpc) is 2.81. The van der Waals surface area contributed by atoms with Crippen LogP contribution in [-0.2, 0) is 6.42 Å². The molecule has 0 radical (unpaired) electrons. The number of carbonyl (C=O) groups excluding carboxylic acids is 1. The number of benzene rings is 1. The Bertz CT molecular complexity index is 1020. The van der Waals surface area contributed by atoms with Gasteiger partial charge in [-0.25, -0.2) is 14.4 Å². The van der Waals surface area contributed by atoms with Crippen molar-refractivity contribution in [3.8, 4) is 11.4 Å². The molecule has 0 bridgehead atoms.